The average Bonchev–Trinajstić information content (AvgIpc) is 3.22. The SMILES string of the molecule is CC1=CC2C3CC(=O)OCCCCCC(C)C(=O)C3=CC2C2CCCC12. The predicted molar refractivity (Wildman–Crippen MR) is 101 cm³/mol. The van der Waals surface area contributed by atoms with E-state index < -0.39 is 0 Å². The summed E-state index contributed by atoms with van der Waals surface area (Å²) in [6.45, 7) is 4.86. The molecule has 3 nitrogen and oxygen atoms in total. The number of carbonyl (C=O) groups is 2. The Kier molecular flexibility index (Phi) is 5.07. The van der Waals surface area contributed by atoms with Crippen LogP contribution in [0.25, 0.3) is 0 Å². The molecule has 3 heteroatoms. The van der Waals surface area contributed by atoms with E-state index in [-0.39, 0.29) is 17.8 Å². The lowest BCUT2D eigenvalue weighted by molar-refractivity contribution is -0.145. The van der Waals surface area contributed by atoms with Crippen LogP contribution in [0.15, 0.2) is 23.3 Å². The van der Waals surface area contributed by atoms with E-state index in [2.05, 4.69) is 26.0 Å². The van der Waals surface area contributed by atoms with Crippen LogP contribution in [0, 0.1) is 35.5 Å². The summed E-state index contributed by atoms with van der Waals surface area (Å²) in [5.74, 6) is 2.38. The standard InChI is InChI=1S/C23H32O3/c1-14-7-4-3-5-10-26-22(24)13-20-18-11-15(2)16-8-6-9-17(16)19(18)12-21(20)23(14)25/h11-12,14,16-20H,3-10,13H2,1-2H3. The summed E-state index contributed by atoms with van der Waals surface area (Å²) in [5.41, 5.74) is 2.44. The zero-order chi connectivity index (χ0) is 18.3. The van der Waals surface area contributed by atoms with Gasteiger partial charge >= 0.3 is 5.97 Å². The number of Topliss-reactive ketones (excluding diaryl/α,β-unsaturated/α-hetero) is 1. The Balaban J connectivity index is 1.67. The quantitative estimate of drug-likeness (QED) is 0.460. The van der Waals surface area contributed by atoms with Gasteiger partial charge in [-0.15, -0.1) is 0 Å². The average molecular weight is 357 g/mol. The molecule has 0 amide bonds. The van der Waals surface area contributed by atoms with Crippen LogP contribution >= 0.6 is 0 Å². The van der Waals surface area contributed by atoms with Crippen molar-refractivity contribution in [1.29, 1.82) is 0 Å². The number of ether oxygens (including phenoxy) is 1. The maximum atomic E-state index is 13.2. The number of esters is 1. The van der Waals surface area contributed by atoms with E-state index in [0.29, 0.717) is 42.5 Å². The first-order chi connectivity index (χ1) is 12.6. The van der Waals surface area contributed by atoms with Crippen LogP contribution in [-0.4, -0.2) is 18.4 Å². The first-order valence-electron chi connectivity index (χ1n) is 10.7. The van der Waals surface area contributed by atoms with Gasteiger partial charge in [0, 0.05) is 11.8 Å². The minimum atomic E-state index is -0.123. The topological polar surface area (TPSA) is 43.4 Å². The number of ketones is 1. The molecule has 0 aromatic carbocycles. The minimum absolute atomic E-state index is 0.0263. The van der Waals surface area contributed by atoms with Crippen LogP contribution in [0.2, 0.25) is 0 Å². The minimum Gasteiger partial charge on any atom is -0.466 e. The summed E-state index contributed by atoms with van der Waals surface area (Å²) in [5, 5.41) is 0. The molecule has 3 aliphatic carbocycles. The first kappa shape index (κ1) is 18.0. The number of hydrogen-bond acceptors (Lipinski definition) is 3. The summed E-state index contributed by atoms with van der Waals surface area (Å²) in [6, 6.07) is 0. The number of hydrogen-bond donors (Lipinski definition) is 0. The third-order valence-corrected chi connectivity index (χ3v) is 7.45. The van der Waals surface area contributed by atoms with Crippen molar-refractivity contribution in [3.05, 3.63) is 23.3 Å². The second-order valence-electron chi connectivity index (χ2n) is 9.03. The van der Waals surface area contributed by atoms with Gasteiger partial charge < -0.3 is 4.74 Å². The number of rotatable bonds is 0. The van der Waals surface area contributed by atoms with Gasteiger partial charge in [0.25, 0.3) is 0 Å². The highest BCUT2D eigenvalue weighted by Crippen LogP contribution is 2.55. The molecule has 0 aromatic rings. The van der Waals surface area contributed by atoms with Gasteiger partial charge in [-0.25, -0.2) is 0 Å². The van der Waals surface area contributed by atoms with Gasteiger partial charge in [0.15, 0.2) is 5.78 Å². The molecule has 1 saturated carbocycles. The van der Waals surface area contributed by atoms with Crippen LogP contribution in [0.3, 0.4) is 0 Å². The molecule has 26 heavy (non-hydrogen) atoms. The van der Waals surface area contributed by atoms with Crippen molar-refractivity contribution in [2.24, 2.45) is 35.5 Å². The van der Waals surface area contributed by atoms with Gasteiger partial charge in [0.05, 0.1) is 13.0 Å². The molecule has 1 aliphatic heterocycles. The Morgan fingerprint density at radius 1 is 0.923 bits per heavy atom. The van der Waals surface area contributed by atoms with Crippen molar-refractivity contribution in [1.82, 2.24) is 0 Å². The van der Waals surface area contributed by atoms with Crippen molar-refractivity contribution in [2.45, 2.75) is 65.2 Å². The van der Waals surface area contributed by atoms with E-state index in [4.69, 9.17) is 4.74 Å². The van der Waals surface area contributed by atoms with Crippen LogP contribution < -0.4 is 0 Å². The van der Waals surface area contributed by atoms with Crippen molar-refractivity contribution >= 4 is 11.8 Å². The number of allylic oxidation sites excluding steroid dienone is 4. The fraction of sp³-hybridized carbons (Fsp3) is 0.739. The lowest BCUT2D eigenvalue weighted by atomic mass is 9.67. The summed E-state index contributed by atoms with van der Waals surface area (Å²) < 4.78 is 5.48. The maximum Gasteiger partial charge on any atom is 0.306 e. The predicted octanol–water partition coefficient (Wildman–Crippen LogP) is 4.86. The van der Waals surface area contributed by atoms with Gasteiger partial charge in [-0.3, -0.25) is 9.59 Å². The molecule has 1 saturated heterocycles. The molecule has 4 rings (SSSR count). The summed E-state index contributed by atoms with van der Waals surface area (Å²) >= 11 is 0. The molecule has 0 aromatic heterocycles. The van der Waals surface area contributed by atoms with E-state index >= 15 is 0 Å². The molecule has 6 unspecified atom stereocenters. The fourth-order valence-corrected chi connectivity index (χ4v) is 6.08. The van der Waals surface area contributed by atoms with Crippen LogP contribution in [-0.2, 0) is 14.3 Å². The zero-order valence-corrected chi connectivity index (χ0v) is 16.2. The van der Waals surface area contributed by atoms with Gasteiger partial charge in [-0.2, -0.15) is 0 Å². The van der Waals surface area contributed by atoms with Crippen molar-refractivity contribution in [3.63, 3.8) is 0 Å². The Morgan fingerprint density at radius 3 is 2.62 bits per heavy atom. The molecule has 6 atom stereocenters. The van der Waals surface area contributed by atoms with Crippen molar-refractivity contribution < 1.29 is 14.3 Å². The number of cyclic esters (lactones) is 1. The van der Waals surface area contributed by atoms with Gasteiger partial charge in [0.2, 0.25) is 0 Å². The molecule has 2 fully saturated rings. The third kappa shape index (κ3) is 3.18. The van der Waals surface area contributed by atoms with E-state index in [1.165, 1.54) is 24.8 Å². The molecule has 0 N–H and O–H groups in total. The van der Waals surface area contributed by atoms with E-state index in [1.54, 1.807) is 0 Å². The number of carbonyl (C=O) groups excluding carboxylic acids is 2. The lowest BCUT2D eigenvalue weighted by Gasteiger charge is -2.37. The molecular formula is C23H32O3. The Hall–Kier alpha value is -1.38. The van der Waals surface area contributed by atoms with Gasteiger partial charge in [-0.1, -0.05) is 43.9 Å². The van der Waals surface area contributed by atoms with Gasteiger partial charge in [-0.05, 0) is 61.9 Å². The third-order valence-electron chi connectivity index (χ3n) is 7.45. The molecular weight excluding hydrogens is 324 g/mol. The summed E-state index contributed by atoms with van der Waals surface area (Å²) in [7, 11) is 0. The van der Waals surface area contributed by atoms with Crippen molar-refractivity contribution in [2.75, 3.05) is 6.61 Å². The highest BCUT2D eigenvalue weighted by Gasteiger charge is 2.49. The van der Waals surface area contributed by atoms with E-state index in [9.17, 15) is 9.59 Å². The largest absolute Gasteiger partial charge is 0.466 e. The van der Waals surface area contributed by atoms with E-state index in [1.807, 2.05) is 0 Å². The smallest absolute Gasteiger partial charge is 0.306 e. The molecule has 0 bridgehead atoms. The Morgan fingerprint density at radius 2 is 1.77 bits per heavy atom. The van der Waals surface area contributed by atoms with Crippen molar-refractivity contribution in [3.8, 4) is 0 Å². The molecule has 4 aliphatic rings. The maximum absolute atomic E-state index is 13.2. The Bertz CT molecular complexity index is 644. The zero-order valence-electron chi connectivity index (χ0n) is 16.2. The normalized spacial score (nSPS) is 41.0. The summed E-state index contributed by atoms with van der Waals surface area (Å²) in [4.78, 5) is 25.7. The first-order valence-corrected chi connectivity index (χ1v) is 10.7. The molecule has 0 spiro atoms. The second-order valence-corrected chi connectivity index (χ2v) is 9.03. The van der Waals surface area contributed by atoms with Crippen LogP contribution in [0.4, 0.5) is 0 Å². The lowest BCUT2D eigenvalue weighted by Crippen LogP contribution is -2.32. The van der Waals surface area contributed by atoms with E-state index in [0.717, 1.165) is 31.3 Å². The molecule has 1 heterocycles. The second kappa shape index (κ2) is 7.32. The highest BCUT2D eigenvalue weighted by molar-refractivity contribution is 5.98. The highest BCUT2D eigenvalue weighted by atomic mass is 16.5. The molecule has 0 radical (unpaired) electrons. The van der Waals surface area contributed by atoms with Gasteiger partial charge in [0.1, 0.15) is 0 Å². The van der Waals surface area contributed by atoms with Crippen LogP contribution in [0.1, 0.15) is 65.2 Å². The van der Waals surface area contributed by atoms with Crippen LogP contribution in [0.5, 0.6) is 0 Å². The summed E-state index contributed by atoms with van der Waals surface area (Å²) in [6.07, 6.45) is 12.8. The number of fused-ring (bicyclic) bond motifs is 5. The monoisotopic (exact) mass is 356 g/mol. The Labute approximate surface area is 157 Å². The molecule has 142 valence electrons. The fourth-order valence-electron chi connectivity index (χ4n) is 6.08.